The first-order valence-corrected chi connectivity index (χ1v) is 6.30. The predicted octanol–water partition coefficient (Wildman–Crippen LogP) is 2.62. The van der Waals surface area contributed by atoms with Gasteiger partial charge in [0.15, 0.2) is 0 Å². The zero-order chi connectivity index (χ0) is 12.3. The lowest BCUT2D eigenvalue weighted by Crippen LogP contribution is -2.08. The van der Waals surface area contributed by atoms with E-state index in [1.54, 1.807) is 18.6 Å². The molecule has 0 unspecified atom stereocenters. The van der Waals surface area contributed by atoms with Gasteiger partial charge in [0, 0.05) is 29.8 Å². The normalized spacial score (nSPS) is 12.7. The van der Waals surface area contributed by atoms with Crippen molar-refractivity contribution in [1.29, 1.82) is 0 Å². The van der Waals surface area contributed by atoms with Crippen LogP contribution in [-0.4, -0.2) is 19.3 Å². The molecule has 2 aromatic rings. The van der Waals surface area contributed by atoms with Gasteiger partial charge >= 0.3 is 0 Å². The van der Waals surface area contributed by atoms with Crippen molar-refractivity contribution in [2.75, 3.05) is 5.32 Å². The van der Waals surface area contributed by atoms with E-state index >= 15 is 0 Å². The monoisotopic (exact) mass is 249 g/mol. The molecule has 0 saturated heterocycles. The summed E-state index contributed by atoms with van der Waals surface area (Å²) in [4.78, 5) is 12.7. The number of anilines is 1. The lowest BCUT2D eigenvalue weighted by Gasteiger charge is -2.10. The fourth-order valence-corrected chi connectivity index (χ4v) is 2.12. The molecule has 0 radical (unpaired) electrons. The highest BCUT2D eigenvalue weighted by Crippen LogP contribution is 2.21. The standard InChI is InChI=1S/C11H15N5S/c1-7(2)10-15-11(17-16-10)14-8(3)9-6-12-4-5-13-9/h4-8H,1-3H3,(H,14,15,16)/t8-/m0/s1. The third kappa shape index (κ3) is 2.97. The summed E-state index contributed by atoms with van der Waals surface area (Å²) in [5.41, 5.74) is 0.897. The fraction of sp³-hybridized carbons (Fsp3) is 0.455. The minimum absolute atomic E-state index is 0.0802. The van der Waals surface area contributed by atoms with Gasteiger partial charge in [-0.15, -0.1) is 0 Å². The highest BCUT2D eigenvalue weighted by Gasteiger charge is 2.11. The van der Waals surface area contributed by atoms with Crippen molar-refractivity contribution in [2.24, 2.45) is 0 Å². The van der Waals surface area contributed by atoms with Gasteiger partial charge in [0.25, 0.3) is 0 Å². The van der Waals surface area contributed by atoms with Crippen molar-refractivity contribution in [1.82, 2.24) is 19.3 Å². The van der Waals surface area contributed by atoms with Gasteiger partial charge in [0.2, 0.25) is 5.13 Å². The second kappa shape index (κ2) is 5.18. The summed E-state index contributed by atoms with van der Waals surface area (Å²) < 4.78 is 4.29. The second-order valence-corrected chi connectivity index (χ2v) is 4.86. The summed E-state index contributed by atoms with van der Waals surface area (Å²) in [6.45, 7) is 6.19. The maximum atomic E-state index is 4.42. The summed E-state index contributed by atoms with van der Waals surface area (Å²) in [6.07, 6.45) is 5.10. The van der Waals surface area contributed by atoms with Gasteiger partial charge in [-0.1, -0.05) is 13.8 Å². The zero-order valence-electron chi connectivity index (χ0n) is 10.1. The topological polar surface area (TPSA) is 63.6 Å². The number of hydrogen-bond acceptors (Lipinski definition) is 6. The predicted molar refractivity (Wildman–Crippen MR) is 68.1 cm³/mol. The molecule has 1 atom stereocenters. The van der Waals surface area contributed by atoms with E-state index in [2.05, 4.69) is 38.5 Å². The number of nitrogens with zero attached hydrogens (tertiary/aromatic N) is 4. The molecule has 0 fully saturated rings. The van der Waals surface area contributed by atoms with Crippen LogP contribution < -0.4 is 5.32 Å². The molecule has 1 N–H and O–H groups in total. The minimum atomic E-state index is 0.0802. The van der Waals surface area contributed by atoms with Gasteiger partial charge in [-0.2, -0.15) is 4.37 Å². The molecule has 0 aliphatic heterocycles. The van der Waals surface area contributed by atoms with Gasteiger partial charge in [0.05, 0.1) is 17.9 Å². The Morgan fingerprint density at radius 3 is 2.65 bits per heavy atom. The van der Waals surface area contributed by atoms with Crippen LogP contribution >= 0.6 is 11.5 Å². The third-order valence-electron chi connectivity index (χ3n) is 2.32. The van der Waals surface area contributed by atoms with E-state index in [0.29, 0.717) is 5.92 Å². The summed E-state index contributed by atoms with van der Waals surface area (Å²) in [6, 6.07) is 0.0802. The molecule has 90 valence electrons. The van der Waals surface area contributed by atoms with Crippen LogP contribution in [0.3, 0.4) is 0 Å². The Hall–Kier alpha value is -1.56. The van der Waals surface area contributed by atoms with Crippen molar-refractivity contribution < 1.29 is 0 Å². The van der Waals surface area contributed by atoms with Crippen LogP contribution in [0.5, 0.6) is 0 Å². The molecule has 0 bridgehead atoms. The van der Waals surface area contributed by atoms with Crippen LogP contribution in [0.4, 0.5) is 5.13 Å². The van der Waals surface area contributed by atoms with Crippen LogP contribution in [0.15, 0.2) is 18.6 Å². The minimum Gasteiger partial charge on any atom is -0.352 e. The second-order valence-electron chi connectivity index (χ2n) is 4.11. The Kier molecular flexibility index (Phi) is 3.63. The van der Waals surface area contributed by atoms with Gasteiger partial charge < -0.3 is 5.32 Å². The Bertz CT molecular complexity index is 468. The van der Waals surface area contributed by atoms with E-state index < -0.39 is 0 Å². The molecule has 17 heavy (non-hydrogen) atoms. The van der Waals surface area contributed by atoms with Crippen LogP contribution in [0.25, 0.3) is 0 Å². The average molecular weight is 249 g/mol. The van der Waals surface area contributed by atoms with E-state index in [0.717, 1.165) is 16.6 Å². The average Bonchev–Trinajstić information content (AvgIpc) is 2.79. The Morgan fingerprint density at radius 1 is 1.24 bits per heavy atom. The van der Waals surface area contributed by atoms with Gasteiger partial charge in [-0.25, -0.2) is 4.98 Å². The Morgan fingerprint density at radius 2 is 2.06 bits per heavy atom. The van der Waals surface area contributed by atoms with E-state index in [9.17, 15) is 0 Å². The van der Waals surface area contributed by atoms with E-state index in [4.69, 9.17) is 0 Å². The molecule has 2 rings (SSSR count). The smallest absolute Gasteiger partial charge is 0.203 e. The van der Waals surface area contributed by atoms with Gasteiger partial charge in [0.1, 0.15) is 5.82 Å². The highest BCUT2D eigenvalue weighted by molar-refractivity contribution is 7.09. The largest absolute Gasteiger partial charge is 0.352 e. The number of rotatable bonds is 4. The summed E-state index contributed by atoms with van der Waals surface area (Å²) >= 11 is 1.38. The Balaban J connectivity index is 2.05. The summed E-state index contributed by atoms with van der Waals surface area (Å²) in [5.74, 6) is 1.23. The van der Waals surface area contributed by atoms with Crippen molar-refractivity contribution in [3.05, 3.63) is 30.1 Å². The fourth-order valence-electron chi connectivity index (χ4n) is 1.32. The SMILES string of the molecule is CC(C)c1nsc(N[C@@H](C)c2cnccn2)n1. The Labute approximate surface area is 105 Å². The molecule has 0 saturated carbocycles. The molecule has 6 heteroatoms. The molecule has 0 spiro atoms. The van der Waals surface area contributed by atoms with E-state index in [1.807, 2.05) is 6.92 Å². The lowest BCUT2D eigenvalue weighted by molar-refractivity contribution is 0.789. The van der Waals surface area contributed by atoms with Crippen LogP contribution in [0, 0.1) is 0 Å². The summed E-state index contributed by atoms with van der Waals surface area (Å²) in [7, 11) is 0. The molecular weight excluding hydrogens is 234 g/mol. The number of aromatic nitrogens is 4. The van der Waals surface area contributed by atoms with Crippen LogP contribution in [0.2, 0.25) is 0 Å². The molecular formula is C11H15N5S. The first-order chi connectivity index (χ1) is 8.16. The van der Waals surface area contributed by atoms with Gasteiger partial charge in [-0.3, -0.25) is 9.97 Å². The number of nitrogens with one attached hydrogen (secondary N) is 1. The maximum Gasteiger partial charge on any atom is 0.203 e. The lowest BCUT2D eigenvalue weighted by atomic mass is 10.2. The van der Waals surface area contributed by atoms with Gasteiger partial charge in [-0.05, 0) is 6.92 Å². The molecule has 2 aromatic heterocycles. The van der Waals surface area contributed by atoms with Crippen LogP contribution in [0.1, 0.15) is 44.2 Å². The molecule has 0 aliphatic carbocycles. The molecule has 0 aromatic carbocycles. The third-order valence-corrected chi connectivity index (χ3v) is 2.99. The molecule has 0 amide bonds. The van der Waals surface area contributed by atoms with Crippen molar-refractivity contribution in [3.8, 4) is 0 Å². The zero-order valence-corrected chi connectivity index (χ0v) is 10.9. The van der Waals surface area contributed by atoms with Crippen molar-refractivity contribution in [2.45, 2.75) is 32.7 Å². The molecule has 0 aliphatic rings. The highest BCUT2D eigenvalue weighted by atomic mass is 32.1. The molecule has 2 heterocycles. The number of hydrogen-bond donors (Lipinski definition) is 1. The molecule has 5 nitrogen and oxygen atoms in total. The van der Waals surface area contributed by atoms with Crippen molar-refractivity contribution in [3.63, 3.8) is 0 Å². The summed E-state index contributed by atoms with van der Waals surface area (Å²) in [5, 5.41) is 4.10. The first-order valence-electron chi connectivity index (χ1n) is 5.53. The van der Waals surface area contributed by atoms with Crippen LogP contribution in [-0.2, 0) is 0 Å². The van der Waals surface area contributed by atoms with Crippen molar-refractivity contribution >= 4 is 16.7 Å². The quantitative estimate of drug-likeness (QED) is 0.902. The first kappa shape index (κ1) is 11.9. The van der Waals surface area contributed by atoms with E-state index in [1.165, 1.54) is 11.5 Å². The maximum absolute atomic E-state index is 4.42. The van der Waals surface area contributed by atoms with E-state index in [-0.39, 0.29) is 6.04 Å².